The fourth-order valence-electron chi connectivity index (χ4n) is 1.89. The Morgan fingerprint density at radius 1 is 1.30 bits per heavy atom. The van der Waals surface area contributed by atoms with Gasteiger partial charge in [0.25, 0.3) is 0 Å². The van der Waals surface area contributed by atoms with Crippen molar-refractivity contribution in [3.63, 3.8) is 0 Å². The van der Waals surface area contributed by atoms with E-state index >= 15 is 0 Å². The van der Waals surface area contributed by atoms with Crippen LogP contribution >= 0.6 is 12.4 Å². The molecule has 0 saturated heterocycles. The molecule has 0 aromatic heterocycles. The van der Waals surface area contributed by atoms with Crippen LogP contribution in [0.15, 0.2) is 24.3 Å². The van der Waals surface area contributed by atoms with Gasteiger partial charge in [0.1, 0.15) is 6.04 Å². The van der Waals surface area contributed by atoms with Crippen molar-refractivity contribution in [1.82, 2.24) is 4.90 Å². The molecule has 0 radical (unpaired) electrons. The highest BCUT2D eigenvalue weighted by atomic mass is 35.5. The number of nitrogens with two attached hydrogens (primary N) is 1. The lowest BCUT2D eigenvalue weighted by Gasteiger charge is -2.21. The van der Waals surface area contributed by atoms with Gasteiger partial charge < -0.3 is 15.4 Å². The summed E-state index contributed by atoms with van der Waals surface area (Å²) in [5.74, 6) is 0.415. The van der Waals surface area contributed by atoms with Gasteiger partial charge in [-0.3, -0.25) is 4.79 Å². The highest BCUT2D eigenvalue weighted by Gasteiger charge is 2.17. The fourth-order valence-corrected chi connectivity index (χ4v) is 1.89. The van der Waals surface area contributed by atoms with E-state index < -0.39 is 6.04 Å². The maximum Gasteiger partial charge on any atom is 0.241 e. The number of nitrogens with zero attached hydrogens (tertiary/aromatic N) is 1. The molecule has 2 N–H and O–H groups in total. The van der Waals surface area contributed by atoms with Crippen LogP contribution in [0.3, 0.4) is 0 Å². The number of ether oxygens (including phenoxy) is 1. The highest BCUT2D eigenvalue weighted by Crippen LogP contribution is 2.15. The Morgan fingerprint density at radius 2 is 1.85 bits per heavy atom. The molecule has 0 heterocycles. The minimum Gasteiger partial charge on any atom is -0.383 e. The van der Waals surface area contributed by atoms with Crippen LogP contribution < -0.4 is 5.73 Å². The van der Waals surface area contributed by atoms with Crippen molar-refractivity contribution in [3.05, 3.63) is 35.4 Å². The quantitative estimate of drug-likeness (QED) is 0.876. The molecule has 0 aliphatic heterocycles. The molecule has 1 rings (SSSR count). The summed E-state index contributed by atoms with van der Waals surface area (Å²) in [6.45, 7) is 5.13. The molecule has 0 saturated carbocycles. The van der Waals surface area contributed by atoms with E-state index in [0.717, 1.165) is 5.56 Å². The molecule has 1 amide bonds. The normalized spacial score (nSPS) is 11.9. The van der Waals surface area contributed by atoms with E-state index in [-0.39, 0.29) is 24.9 Å². The first kappa shape index (κ1) is 18.9. The second kappa shape index (κ2) is 8.95. The maximum absolute atomic E-state index is 11.9. The molecule has 5 heteroatoms. The van der Waals surface area contributed by atoms with E-state index in [1.807, 2.05) is 0 Å². The largest absolute Gasteiger partial charge is 0.383 e. The lowest BCUT2D eigenvalue weighted by molar-refractivity contribution is -0.132. The lowest BCUT2D eigenvalue weighted by Crippen LogP contribution is -2.44. The van der Waals surface area contributed by atoms with Gasteiger partial charge in [0, 0.05) is 20.7 Å². The Kier molecular flexibility index (Phi) is 8.46. The van der Waals surface area contributed by atoms with Crippen molar-refractivity contribution in [2.45, 2.75) is 32.4 Å². The van der Waals surface area contributed by atoms with E-state index in [1.54, 1.807) is 11.9 Å². The Balaban J connectivity index is 0.00000361. The number of halogens is 1. The number of amides is 1. The SMILES string of the molecule is COCC(N)C(=O)N(C)Cc1ccc(C(C)C)cc1.Cl. The van der Waals surface area contributed by atoms with Crippen LogP contribution in [-0.4, -0.2) is 37.6 Å². The molecule has 0 fully saturated rings. The smallest absolute Gasteiger partial charge is 0.241 e. The zero-order valence-electron chi connectivity index (χ0n) is 12.6. The molecular formula is C15H25ClN2O2. The van der Waals surface area contributed by atoms with Gasteiger partial charge in [-0.2, -0.15) is 0 Å². The van der Waals surface area contributed by atoms with Gasteiger partial charge in [0.15, 0.2) is 0 Å². The molecule has 0 spiro atoms. The summed E-state index contributed by atoms with van der Waals surface area (Å²) in [6.07, 6.45) is 0. The van der Waals surface area contributed by atoms with Gasteiger partial charge in [-0.25, -0.2) is 0 Å². The Labute approximate surface area is 127 Å². The Bertz CT molecular complexity index is 407. The molecule has 20 heavy (non-hydrogen) atoms. The molecule has 1 unspecified atom stereocenters. The van der Waals surface area contributed by atoms with Crippen LogP contribution in [0.4, 0.5) is 0 Å². The highest BCUT2D eigenvalue weighted by molar-refractivity contribution is 5.85. The van der Waals surface area contributed by atoms with Crippen LogP contribution in [0.2, 0.25) is 0 Å². The van der Waals surface area contributed by atoms with Gasteiger partial charge in [-0.1, -0.05) is 38.1 Å². The zero-order chi connectivity index (χ0) is 14.4. The maximum atomic E-state index is 11.9. The molecule has 1 atom stereocenters. The van der Waals surface area contributed by atoms with E-state index in [1.165, 1.54) is 12.7 Å². The van der Waals surface area contributed by atoms with Crippen LogP contribution in [0.1, 0.15) is 30.9 Å². The average molecular weight is 301 g/mol. The van der Waals surface area contributed by atoms with Gasteiger partial charge in [-0.05, 0) is 17.0 Å². The second-order valence-corrected chi connectivity index (χ2v) is 5.15. The van der Waals surface area contributed by atoms with Gasteiger partial charge in [0.2, 0.25) is 5.91 Å². The summed E-state index contributed by atoms with van der Waals surface area (Å²) in [4.78, 5) is 13.6. The van der Waals surface area contributed by atoms with Crippen molar-refractivity contribution in [2.24, 2.45) is 5.73 Å². The van der Waals surface area contributed by atoms with Crippen LogP contribution in [0, 0.1) is 0 Å². The zero-order valence-corrected chi connectivity index (χ0v) is 13.4. The van der Waals surface area contributed by atoms with E-state index in [2.05, 4.69) is 38.1 Å². The number of benzene rings is 1. The topological polar surface area (TPSA) is 55.6 Å². The van der Waals surface area contributed by atoms with Crippen LogP contribution in [-0.2, 0) is 16.1 Å². The molecular weight excluding hydrogens is 276 g/mol. The van der Waals surface area contributed by atoms with Gasteiger partial charge >= 0.3 is 0 Å². The Hall–Kier alpha value is -1.10. The van der Waals surface area contributed by atoms with Gasteiger partial charge in [-0.15, -0.1) is 12.4 Å². The fraction of sp³-hybridized carbons (Fsp3) is 0.533. The predicted octanol–water partition coefficient (Wildman–Crippen LogP) is 2.16. The summed E-state index contributed by atoms with van der Waals surface area (Å²) in [6, 6.07) is 7.73. The lowest BCUT2D eigenvalue weighted by atomic mass is 10.0. The summed E-state index contributed by atoms with van der Waals surface area (Å²) in [7, 11) is 3.30. The van der Waals surface area contributed by atoms with E-state index in [4.69, 9.17) is 10.5 Å². The molecule has 0 bridgehead atoms. The number of likely N-dealkylation sites (N-methyl/N-ethyl adjacent to an activating group) is 1. The minimum absolute atomic E-state index is 0. The second-order valence-electron chi connectivity index (χ2n) is 5.15. The summed E-state index contributed by atoms with van der Waals surface area (Å²) >= 11 is 0. The first-order chi connectivity index (χ1) is 8.95. The van der Waals surface area contributed by atoms with E-state index in [9.17, 15) is 4.79 Å². The number of hydrogen-bond acceptors (Lipinski definition) is 3. The molecule has 1 aromatic rings. The number of rotatable bonds is 6. The third-order valence-electron chi connectivity index (χ3n) is 3.11. The first-order valence-electron chi connectivity index (χ1n) is 6.54. The average Bonchev–Trinajstić information content (AvgIpc) is 2.38. The van der Waals surface area contributed by atoms with Crippen molar-refractivity contribution >= 4 is 18.3 Å². The predicted molar refractivity (Wildman–Crippen MR) is 84.1 cm³/mol. The van der Waals surface area contributed by atoms with Crippen LogP contribution in [0.25, 0.3) is 0 Å². The molecule has 0 aliphatic carbocycles. The monoisotopic (exact) mass is 300 g/mol. The molecule has 1 aromatic carbocycles. The minimum atomic E-state index is -0.593. The van der Waals surface area contributed by atoms with Crippen LogP contribution in [0.5, 0.6) is 0 Å². The van der Waals surface area contributed by atoms with E-state index in [0.29, 0.717) is 12.5 Å². The standard InChI is InChI=1S/C15H24N2O2.ClH/c1-11(2)13-7-5-12(6-8-13)9-17(3)15(18)14(16)10-19-4;/h5-8,11,14H,9-10,16H2,1-4H3;1H. The number of methoxy groups -OCH3 is 1. The van der Waals surface area contributed by atoms with Crippen molar-refractivity contribution in [2.75, 3.05) is 20.8 Å². The van der Waals surface area contributed by atoms with Crippen molar-refractivity contribution in [1.29, 1.82) is 0 Å². The summed E-state index contributed by atoms with van der Waals surface area (Å²) in [5.41, 5.74) is 8.13. The number of carbonyl (C=O) groups is 1. The summed E-state index contributed by atoms with van der Waals surface area (Å²) < 4.78 is 4.89. The van der Waals surface area contributed by atoms with Gasteiger partial charge in [0.05, 0.1) is 6.61 Å². The van der Waals surface area contributed by atoms with Crippen molar-refractivity contribution < 1.29 is 9.53 Å². The third-order valence-corrected chi connectivity index (χ3v) is 3.11. The Morgan fingerprint density at radius 3 is 2.30 bits per heavy atom. The summed E-state index contributed by atoms with van der Waals surface area (Å²) in [5, 5.41) is 0. The number of carbonyl (C=O) groups excluding carboxylic acids is 1. The number of hydrogen-bond donors (Lipinski definition) is 1. The first-order valence-corrected chi connectivity index (χ1v) is 6.54. The molecule has 0 aliphatic rings. The van der Waals surface area contributed by atoms with Crippen molar-refractivity contribution in [3.8, 4) is 0 Å². The molecule has 114 valence electrons. The third kappa shape index (κ3) is 5.49. The molecule has 4 nitrogen and oxygen atoms in total.